The van der Waals surface area contributed by atoms with Crippen molar-refractivity contribution in [1.82, 2.24) is 4.98 Å². The lowest BCUT2D eigenvalue weighted by Crippen LogP contribution is -2.08. The van der Waals surface area contributed by atoms with E-state index >= 15 is 0 Å². The van der Waals surface area contributed by atoms with E-state index < -0.39 is 5.97 Å². The van der Waals surface area contributed by atoms with Crippen LogP contribution in [0.5, 0.6) is 11.6 Å². The zero-order valence-corrected chi connectivity index (χ0v) is 11.8. The van der Waals surface area contributed by atoms with Crippen LogP contribution in [-0.2, 0) is 0 Å². The van der Waals surface area contributed by atoms with Crippen molar-refractivity contribution in [3.05, 3.63) is 47.1 Å². The molecule has 0 fully saturated rings. The first kappa shape index (κ1) is 14.1. The molecule has 0 aliphatic rings. The van der Waals surface area contributed by atoms with Crippen molar-refractivity contribution >= 4 is 23.3 Å². The molecule has 0 spiro atoms. The Morgan fingerprint density at radius 3 is 2.75 bits per heavy atom. The number of halogens is 1. The van der Waals surface area contributed by atoms with Crippen LogP contribution >= 0.6 is 11.6 Å². The number of pyridine rings is 1. The molecule has 0 atom stereocenters. The maximum atomic E-state index is 11.0. The average Bonchev–Trinajstić information content (AvgIpc) is 2.41. The number of carboxylic acids is 1. The van der Waals surface area contributed by atoms with Crippen molar-refractivity contribution < 1.29 is 14.6 Å². The monoisotopic (exact) mass is 292 g/mol. The summed E-state index contributed by atoms with van der Waals surface area (Å²) in [5.74, 6) is -0.366. The maximum Gasteiger partial charge on any atom is 0.337 e. The lowest BCUT2D eigenvalue weighted by Gasteiger charge is -2.13. The van der Waals surface area contributed by atoms with Crippen molar-refractivity contribution in [2.75, 3.05) is 19.0 Å². The van der Waals surface area contributed by atoms with E-state index in [2.05, 4.69) is 4.98 Å². The average molecular weight is 293 g/mol. The number of rotatable bonds is 4. The number of nitrogens with zero attached hydrogens (tertiary/aromatic N) is 2. The second-order valence-electron chi connectivity index (χ2n) is 4.30. The zero-order chi connectivity index (χ0) is 14.7. The SMILES string of the molecule is CN(C)c1cccc(Oc2cc(C(=O)O)c(Cl)cn2)c1. The maximum absolute atomic E-state index is 11.0. The lowest BCUT2D eigenvalue weighted by atomic mass is 10.2. The summed E-state index contributed by atoms with van der Waals surface area (Å²) in [4.78, 5) is 16.9. The van der Waals surface area contributed by atoms with E-state index in [0.29, 0.717) is 5.75 Å². The molecule has 1 N–H and O–H groups in total. The smallest absolute Gasteiger partial charge is 0.337 e. The molecule has 6 heteroatoms. The number of hydrogen-bond donors (Lipinski definition) is 1. The molecule has 0 aliphatic carbocycles. The Hall–Kier alpha value is -2.27. The molecule has 2 rings (SSSR count). The van der Waals surface area contributed by atoms with Gasteiger partial charge in [-0.3, -0.25) is 0 Å². The molecule has 0 radical (unpaired) electrons. The number of carboxylic acid groups (broad SMARTS) is 1. The van der Waals surface area contributed by atoms with E-state index in [1.54, 1.807) is 6.07 Å². The molecule has 0 aliphatic heterocycles. The number of ether oxygens (including phenoxy) is 1. The van der Waals surface area contributed by atoms with Gasteiger partial charge in [0.2, 0.25) is 5.88 Å². The van der Waals surface area contributed by atoms with Crippen LogP contribution in [0.15, 0.2) is 36.5 Å². The minimum Gasteiger partial charge on any atom is -0.478 e. The van der Waals surface area contributed by atoms with Gasteiger partial charge in [0.1, 0.15) is 5.75 Å². The van der Waals surface area contributed by atoms with Gasteiger partial charge in [0.15, 0.2) is 0 Å². The Morgan fingerprint density at radius 2 is 2.10 bits per heavy atom. The molecule has 20 heavy (non-hydrogen) atoms. The normalized spacial score (nSPS) is 10.2. The van der Waals surface area contributed by atoms with Crippen molar-refractivity contribution in [3.8, 4) is 11.6 Å². The molecule has 2 aromatic rings. The quantitative estimate of drug-likeness (QED) is 0.937. The van der Waals surface area contributed by atoms with Crippen LogP contribution in [0.25, 0.3) is 0 Å². The molecule has 5 nitrogen and oxygen atoms in total. The van der Waals surface area contributed by atoms with Gasteiger partial charge in [0, 0.05) is 31.9 Å². The third-order valence-corrected chi connectivity index (χ3v) is 2.92. The van der Waals surface area contributed by atoms with Crippen LogP contribution in [0.4, 0.5) is 5.69 Å². The number of aromatic carboxylic acids is 1. The van der Waals surface area contributed by atoms with E-state index in [1.165, 1.54) is 12.3 Å². The van der Waals surface area contributed by atoms with E-state index in [9.17, 15) is 4.79 Å². The fraction of sp³-hybridized carbons (Fsp3) is 0.143. The van der Waals surface area contributed by atoms with Gasteiger partial charge in [0.25, 0.3) is 0 Å². The van der Waals surface area contributed by atoms with Gasteiger partial charge in [0.05, 0.1) is 16.8 Å². The lowest BCUT2D eigenvalue weighted by molar-refractivity contribution is 0.0696. The van der Waals surface area contributed by atoms with Gasteiger partial charge in [-0.15, -0.1) is 0 Å². The summed E-state index contributed by atoms with van der Waals surface area (Å²) in [7, 11) is 3.84. The highest BCUT2D eigenvalue weighted by Gasteiger charge is 2.11. The fourth-order valence-corrected chi connectivity index (χ4v) is 1.77. The van der Waals surface area contributed by atoms with Crippen molar-refractivity contribution in [3.63, 3.8) is 0 Å². The Kier molecular flexibility index (Phi) is 4.10. The predicted octanol–water partition coefficient (Wildman–Crippen LogP) is 3.29. The predicted molar refractivity (Wildman–Crippen MR) is 77.0 cm³/mol. The molecular weight excluding hydrogens is 280 g/mol. The van der Waals surface area contributed by atoms with Gasteiger partial charge in [-0.25, -0.2) is 9.78 Å². The summed E-state index contributed by atoms with van der Waals surface area (Å²) in [5, 5.41) is 9.07. The summed E-state index contributed by atoms with van der Waals surface area (Å²) in [6.45, 7) is 0. The van der Waals surface area contributed by atoms with Gasteiger partial charge in [-0.2, -0.15) is 0 Å². The first-order chi connectivity index (χ1) is 9.47. The topological polar surface area (TPSA) is 62.7 Å². The van der Waals surface area contributed by atoms with Crippen LogP contribution in [0.1, 0.15) is 10.4 Å². The van der Waals surface area contributed by atoms with E-state index in [-0.39, 0.29) is 16.5 Å². The van der Waals surface area contributed by atoms with Gasteiger partial charge < -0.3 is 14.7 Å². The second-order valence-corrected chi connectivity index (χ2v) is 4.71. The van der Waals surface area contributed by atoms with E-state index in [1.807, 2.05) is 37.2 Å². The fourth-order valence-electron chi connectivity index (χ4n) is 1.59. The molecule has 1 aromatic carbocycles. The van der Waals surface area contributed by atoms with Crippen LogP contribution in [0.2, 0.25) is 5.02 Å². The molecular formula is C14H13ClN2O3. The number of aromatic nitrogens is 1. The van der Waals surface area contributed by atoms with Crippen molar-refractivity contribution in [2.24, 2.45) is 0 Å². The molecule has 0 saturated carbocycles. The van der Waals surface area contributed by atoms with E-state index in [0.717, 1.165) is 5.69 Å². The van der Waals surface area contributed by atoms with Gasteiger partial charge in [-0.1, -0.05) is 17.7 Å². The molecule has 1 aromatic heterocycles. The number of carbonyl (C=O) groups is 1. The number of anilines is 1. The van der Waals surface area contributed by atoms with Gasteiger partial charge in [-0.05, 0) is 12.1 Å². The summed E-state index contributed by atoms with van der Waals surface area (Å²) in [5.41, 5.74) is 0.926. The number of benzene rings is 1. The van der Waals surface area contributed by atoms with Crippen LogP contribution < -0.4 is 9.64 Å². The minimum atomic E-state index is -1.12. The first-order valence-electron chi connectivity index (χ1n) is 5.81. The van der Waals surface area contributed by atoms with Crippen LogP contribution in [0, 0.1) is 0 Å². The standard InChI is InChI=1S/C14H13ClN2O3/c1-17(2)9-4-3-5-10(6-9)20-13-7-11(14(18)19)12(15)8-16-13/h3-8H,1-2H3,(H,18,19). The summed E-state index contributed by atoms with van der Waals surface area (Å²) >= 11 is 5.76. The highest BCUT2D eigenvalue weighted by Crippen LogP contribution is 2.26. The zero-order valence-electron chi connectivity index (χ0n) is 11.0. The van der Waals surface area contributed by atoms with Crippen molar-refractivity contribution in [2.45, 2.75) is 0 Å². The molecule has 0 saturated heterocycles. The molecule has 104 valence electrons. The van der Waals surface area contributed by atoms with E-state index in [4.69, 9.17) is 21.4 Å². The van der Waals surface area contributed by atoms with Crippen LogP contribution in [0.3, 0.4) is 0 Å². The minimum absolute atomic E-state index is 0.0413. The molecule has 0 amide bonds. The third-order valence-electron chi connectivity index (χ3n) is 2.62. The van der Waals surface area contributed by atoms with Crippen LogP contribution in [-0.4, -0.2) is 30.2 Å². The number of hydrogen-bond acceptors (Lipinski definition) is 4. The van der Waals surface area contributed by atoms with Gasteiger partial charge >= 0.3 is 5.97 Å². The summed E-state index contributed by atoms with van der Waals surface area (Å²) in [6, 6.07) is 8.68. The Morgan fingerprint density at radius 1 is 1.35 bits per heavy atom. The largest absolute Gasteiger partial charge is 0.478 e. The second kappa shape index (κ2) is 5.79. The van der Waals surface area contributed by atoms with Crippen molar-refractivity contribution in [1.29, 1.82) is 0 Å². The third kappa shape index (κ3) is 3.19. The Bertz CT molecular complexity index is 644. The highest BCUT2D eigenvalue weighted by atomic mass is 35.5. The highest BCUT2D eigenvalue weighted by molar-refractivity contribution is 6.33. The molecule has 0 bridgehead atoms. The molecule has 0 unspecified atom stereocenters. The Balaban J connectivity index is 2.28. The summed E-state index contributed by atoms with van der Waals surface area (Å²) < 4.78 is 5.56. The Labute approximate surface area is 121 Å². The first-order valence-corrected chi connectivity index (χ1v) is 6.19. The summed E-state index contributed by atoms with van der Waals surface area (Å²) in [6.07, 6.45) is 1.26. The molecule has 1 heterocycles.